The number of allylic oxidation sites excluding steroid dienone is 1. The third-order valence-corrected chi connectivity index (χ3v) is 1.76. The Labute approximate surface area is 64.6 Å². The molecule has 1 aromatic rings. The van der Waals surface area contributed by atoms with Crippen LogP contribution in [0.25, 0.3) is 6.08 Å². The third-order valence-electron chi connectivity index (χ3n) is 1.76. The van der Waals surface area contributed by atoms with Crippen LogP contribution >= 0.6 is 0 Å². The average molecular weight is 145 g/mol. The quantitative estimate of drug-likeness (QED) is 0.549. The molecule has 2 heteroatoms. The maximum atomic E-state index is 10.9. The smallest absolute Gasteiger partial charge is 0.160 e. The molecule has 0 spiro atoms. The van der Waals surface area contributed by atoms with E-state index in [2.05, 4.69) is 4.98 Å². The van der Waals surface area contributed by atoms with Gasteiger partial charge in [0.2, 0.25) is 0 Å². The van der Waals surface area contributed by atoms with Crippen molar-refractivity contribution in [2.24, 2.45) is 0 Å². The number of hydrogen-bond donors (Lipinski definition) is 0. The van der Waals surface area contributed by atoms with Crippen molar-refractivity contribution in [3.8, 4) is 0 Å². The predicted molar refractivity (Wildman–Crippen MR) is 42.0 cm³/mol. The van der Waals surface area contributed by atoms with E-state index in [1.165, 1.54) is 0 Å². The maximum Gasteiger partial charge on any atom is 0.160 e. The predicted octanol–water partition coefficient (Wildman–Crippen LogP) is 1.22. The van der Waals surface area contributed by atoms with Crippen LogP contribution in [-0.4, -0.2) is 10.8 Å². The molecular weight excluding hydrogens is 138 g/mol. The topological polar surface area (TPSA) is 30.0 Å². The molecule has 0 saturated heterocycles. The fourth-order valence-electron chi connectivity index (χ4n) is 1.18. The molecule has 2 nitrogen and oxygen atoms in total. The standard InChI is InChI=1S/C9H7NO/c11-9-2-1-8-6-10-4-3-7(8)5-9/h1-4,6H,5H2. The summed E-state index contributed by atoms with van der Waals surface area (Å²) in [6, 6.07) is 1.89. The average Bonchev–Trinajstić information content (AvgIpc) is 2.04. The maximum absolute atomic E-state index is 10.9. The van der Waals surface area contributed by atoms with E-state index in [-0.39, 0.29) is 5.78 Å². The number of fused-ring (bicyclic) bond motifs is 1. The van der Waals surface area contributed by atoms with Gasteiger partial charge in [0.1, 0.15) is 0 Å². The summed E-state index contributed by atoms with van der Waals surface area (Å²) in [6.45, 7) is 0. The van der Waals surface area contributed by atoms with Crippen LogP contribution in [0.2, 0.25) is 0 Å². The summed E-state index contributed by atoms with van der Waals surface area (Å²) in [4.78, 5) is 14.9. The molecule has 11 heavy (non-hydrogen) atoms. The molecule has 0 amide bonds. The molecule has 0 bridgehead atoms. The summed E-state index contributed by atoms with van der Waals surface area (Å²) in [7, 11) is 0. The first kappa shape index (κ1) is 6.28. The molecule has 1 aliphatic carbocycles. The second-order valence-electron chi connectivity index (χ2n) is 2.55. The molecule has 1 aliphatic rings. The van der Waals surface area contributed by atoms with Crippen LogP contribution in [0.1, 0.15) is 11.1 Å². The highest BCUT2D eigenvalue weighted by molar-refractivity contribution is 5.98. The molecule has 54 valence electrons. The van der Waals surface area contributed by atoms with Gasteiger partial charge in [-0.05, 0) is 29.3 Å². The third kappa shape index (κ3) is 1.07. The van der Waals surface area contributed by atoms with Gasteiger partial charge in [-0.2, -0.15) is 0 Å². The van der Waals surface area contributed by atoms with Crippen molar-refractivity contribution >= 4 is 11.9 Å². The molecule has 0 aromatic carbocycles. The first-order valence-electron chi connectivity index (χ1n) is 3.50. The van der Waals surface area contributed by atoms with Crippen LogP contribution in [0.5, 0.6) is 0 Å². The minimum atomic E-state index is 0.170. The molecule has 0 N–H and O–H groups in total. The molecule has 0 saturated carbocycles. The fraction of sp³-hybridized carbons (Fsp3) is 0.111. The molecule has 1 aromatic heterocycles. The van der Waals surface area contributed by atoms with Gasteiger partial charge in [-0.25, -0.2) is 0 Å². The molecule has 1 heterocycles. The number of nitrogens with zero attached hydrogens (tertiary/aromatic N) is 1. The van der Waals surface area contributed by atoms with Crippen LogP contribution in [0.15, 0.2) is 24.5 Å². The molecule has 0 radical (unpaired) electrons. The van der Waals surface area contributed by atoms with Gasteiger partial charge in [0, 0.05) is 18.8 Å². The molecule has 0 unspecified atom stereocenters. The van der Waals surface area contributed by atoms with Crippen LogP contribution in [0, 0.1) is 0 Å². The zero-order valence-electron chi connectivity index (χ0n) is 5.95. The lowest BCUT2D eigenvalue weighted by Crippen LogP contribution is -2.04. The van der Waals surface area contributed by atoms with E-state index < -0.39 is 0 Å². The molecule has 2 rings (SSSR count). The summed E-state index contributed by atoms with van der Waals surface area (Å²) in [5, 5.41) is 0. The van der Waals surface area contributed by atoms with E-state index >= 15 is 0 Å². The van der Waals surface area contributed by atoms with E-state index in [9.17, 15) is 4.79 Å². The zero-order valence-corrected chi connectivity index (χ0v) is 5.95. The SMILES string of the molecule is O=C1C=Cc2cnccc2C1. The van der Waals surface area contributed by atoms with E-state index in [0.717, 1.165) is 11.1 Å². The minimum Gasteiger partial charge on any atom is -0.294 e. The van der Waals surface area contributed by atoms with Crippen molar-refractivity contribution in [2.45, 2.75) is 6.42 Å². The van der Waals surface area contributed by atoms with Crippen molar-refractivity contribution in [3.05, 3.63) is 35.7 Å². The number of hydrogen-bond acceptors (Lipinski definition) is 2. The van der Waals surface area contributed by atoms with E-state index in [0.29, 0.717) is 6.42 Å². The fourth-order valence-corrected chi connectivity index (χ4v) is 1.18. The summed E-state index contributed by atoms with van der Waals surface area (Å²) in [5.74, 6) is 0.170. The number of rotatable bonds is 0. The largest absolute Gasteiger partial charge is 0.294 e. The van der Waals surface area contributed by atoms with Gasteiger partial charge >= 0.3 is 0 Å². The van der Waals surface area contributed by atoms with Crippen LogP contribution in [0.3, 0.4) is 0 Å². The van der Waals surface area contributed by atoms with Crippen LogP contribution in [0.4, 0.5) is 0 Å². The lowest BCUT2D eigenvalue weighted by Gasteiger charge is -2.06. The number of carbonyl (C=O) groups is 1. The molecule has 0 atom stereocenters. The highest BCUT2D eigenvalue weighted by atomic mass is 16.1. The Morgan fingerprint density at radius 2 is 2.27 bits per heavy atom. The normalized spacial score (nSPS) is 14.7. The highest BCUT2D eigenvalue weighted by Crippen LogP contribution is 2.14. The number of carbonyl (C=O) groups excluding carboxylic acids is 1. The van der Waals surface area contributed by atoms with Crippen LogP contribution in [-0.2, 0) is 11.2 Å². The Balaban J connectivity index is 2.54. The van der Waals surface area contributed by atoms with Crippen molar-refractivity contribution in [1.82, 2.24) is 4.98 Å². The molecule has 0 aliphatic heterocycles. The van der Waals surface area contributed by atoms with Gasteiger partial charge in [0.15, 0.2) is 5.78 Å². The summed E-state index contributed by atoms with van der Waals surface area (Å²) < 4.78 is 0. The Bertz CT molecular complexity index is 328. The van der Waals surface area contributed by atoms with Crippen molar-refractivity contribution in [3.63, 3.8) is 0 Å². The summed E-state index contributed by atoms with van der Waals surface area (Å²) >= 11 is 0. The van der Waals surface area contributed by atoms with Crippen molar-refractivity contribution < 1.29 is 4.79 Å². The van der Waals surface area contributed by atoms with Gasteiger partial charge in [-0.3, -0.25) is 9.78 Å². The number of pyridine rings is 1. The van der Waals surface area contributed by atoms with E-state index in [1.807, 2.05) is 12.1 Å². The second-order valence-corrected chi connectivity index (χ2v) is 2.55. The van der Waals surface area contributed by atoms with Gasteiger partial charge in [0.25, 0.3) is 0 Å². The Morgan fingerprint density at radius 1 is 1.36 bits per heavy atom. The molecular formula is C9H7NO. The van der Waals surface area contributed by atoms with Gasteiger partial charge in [-0.15, -0.1) is 0 Å². The van der Waals surface area contributed by atoms with Gasteiger partial charge in [-0.1, -0.05) is 0 Å². The van der Waals surface area contributed by atoms with E-state index in [1.54, 1.807) is 18.5 Å². The van der Waals surface area contributed by atoms with Crippen molar-refractivity contribution in [1.29, 1.82) is 0 Å². The number of aromatic nitrogens is 1. The lowest BCUT2D eigenvalue weighted by molar-refractivity contribution is -0.114. The first-order valence-corrected chi connectivity index (χ1v) is 3.50. The Hall–Kier alpha value is -1.44. The summed E-state index contributed by atoms with van der Waals surface area (Å²) in [5.41, 5.74) is 2.14. The monoisotopic (exact) mass is 145 g/mol. The highest BCUT2D eigenvalue weighted by Gasteiger charge is 2.08. The van der Waals surface area contributed by atoms with Gasteiger partial charge < -0.3 is 0 Å². The van der Waals surface area contributed by atoms with Crippen LogP contribution < -0.4 is 0 Å². The number of ketones is 1. The minimum absolute atomic E-state index is 0.170. The van der Waals surface area contributed by atoms with Crippen molar-refractivity contribution in [2.75, 3.05) is 0 Å². The second kappa shape index (κ2) is 2.31. The molecule has 0 fully saturated rings. The first-order chi connectivity index (χ1) is 5.36. The lowest BCUT2D eigenvalue weighted by atomic mass is 9.99. The van der Waals surface area contributed by atoms with Gasteiger partial charge in [0.05, 0.1) is 0 Å². The summed E-state index contributed by atoms with van der Waals surface area (Å²) in [6.07, 6.45) is 7.43. The zero-order chi connectivity index (χ0) is 7.68. The Kier molecular flexibility index (Phi) is 1.32. The Morgan fingerprint density at radius 3 is 3.18 bits per heavy atom. The van der Waals surface area contributed by atoms with E-state index in [4.69, 9.17) is 0 Å².